The number of alkyl halides is 3. The Balaban J connectivity index is 1.90. The number of carboxylic acids is 1. The molecule has 0 aliphatic carbocycles. The number of aryl methyl sites for hydroxylation is 1. The van der Waals surface area contributed by atoms with Gasteiger partial charge in [0.15, 0.2) is 0 Å². The summed E-state index contributed by atoms with van der Waals surface area (Å²) in [5.74, 6) is -1.50. The van der Waals surface area contributed by atoms with Gasteiger partial charge >= 0.3 is 12.1 Å². The lowest BCUT2D eigenvalue weighted by Crippen LogP contribution is -2.06. The molecule has 0 bridgehead atoms. The molecule has 2 N–H and O–H groups in total. The Morgan fingerprint density at radius 3 is 2.48 bits per heavy atom. The maximum absolute atomic E-state index is 13.2. The van der Waals surface area contributed by atoms with Gasteiger partial charge in [0.05, 0.1) is 16.7 Å². The van der Waals surface area contributed by atoms with Gasteiger partial charge in [-0.1, -0.05) is 24.3 Å². The predicted molar refractivity (Wildman–Crippen MR) is 111 cm³/mol. The number of halogens is 3. The fourth-order valence-corrected chi connectivity index (χ4v) is 3.86. The maximum Gasteiger partial charge on any atom is 0.416 e. The Kier molecular flexibility index (Phi) is 4.72. The van der Waals surface area contributed by atoms with Crippen molar-refractivity contribution < 1.29 is 27.9 Å². The lowest BCUT2D eigenvalue weighted by atomic mass is 9.94. The van der Waals surface area contributed by atoms with E-state index in [9.17, 15) is 27.9 Å². The number of carbonyl (C=O) groups is 2. The molecule has 0 saturated carbocycles. The molecular formula is C23H17F3N2O3. The number of fused-ring (bicyclic) bond motifs is 1. The lowest BCUT2D eigenvalue weighted by molar-refractivity contribution is -0.137. The number of hydrogen-bond acceptors (Lipinski definition) is 2. The molecular weight excluding hydrogens is 409 g/mol. The van der Waals surface area contributed by atoms with E-state index in [0.29, 0.717) is 33.6 Å². The summed E-state index contributed by atoms with van der Waals surface area (Å²) >= 11 is 0. The average molecular weight is 426 g/mol. The van der Waals surface area contributed by atoms with Crippen LogP contribution in [0.3, 0.4) is 0 Å². The molecule has 0 atom stereocenters. The first kappa shape index (κ1) is 20.5. The van der Waals surface area contributed by atoms with Gasteiger partial charge in [0, 0.05) is 29.3 Å². The molecule has 0 unspecified atom stereocenters. The molecule has 1 aromatic heterocycles. The Morgan fingerprint density at radius 1 is 1.13 bits per heavy atom. The molecule has 8 heteroatoms. The highest BCUT2D eigenvalue weighted by molar-refractivity contribution is 6.35. The lowest BCUT2D eigenvalue weighted by Gasteiger charge is -2.12. The van der Waals surface area contributed by atoms with Gasteiger partial charge in [-0.05, 0) is 48.7 Å². The monoisotopic (exact) mass is 426 g/mol. The van der Waals surface area contributed by atoms with Gasteiger partial charge in [-0.2, -0.15) is 13.2 Å². The molecule has 1 aliphatic heterocycles. The van der Waals surface area contributed by atoms with Crippen molar-refractivity contribution in [1.29, 1.82) is 0 Å². The zero-order chi connectivity index (χ0) is 22.5. The number of aromatic carboxylic acids is 1. The third-order valence-corrected chi connectivity index (χ3v) is 5.29. The first-order chi connectivity index (χ1) is 14.6. The number of carboxylic acid groups (broad SMARTS) is 1. The molecule has 0 saturated heterocycles. The molecule has 158 valence electrons. The SMILES string of the molecule is Cc1cn(C=C2C(=O)Nc3cccc(-c4cccc(C(F)(F)F)c4)c32)c(C)c1C(=O)O. The van der Waals surface area contributed by atoms with E-state index in [2.05, 4.69) is 5.32 Å². The number of anilines is 1. The van der Waals surface area contributed by atoms with Gasteiger partial charge in [0.25, 0.3) is 5.91 Å². The van der Waals surface area contributed by atoms with Crippen molar-refractivity contribution in [2.45, 2.75) is 20.0 Å². The van der Waals surface area contributed by atoms with Crippen LogP contribution in [0.25, 0.3) is 22.9 Å². The summed E-state index contributed by atoms with van der Waals surface area (Å²) in [5, 5.41) is 12.1. The second-order valence-electron chi connectivity index (χ2n) is 7.29. The van der Waals surface area contributed by atoms with Crippen molar-refractivity contribution in [3.63, 3.8) is 0 Å². The van der Waals surface area contributed by atoms with Crippen molar-refractivity contribution in [2.24, 2.45) is 0 Å². The molecule has 0 spiro atoms. The third-order valence-electron chi connectivity index (χ3n) is 5.29. The van der Waals surface area contributed by atoms with Gasteiger partial charge in [-0.3, -0.25) is 4.79 Å². The van der Waals surface area contributed by atoms with Crippen LogP contribution in [0.5, 0.6) is 0 Å². The Hall–Kier alpha value is -3.81. The summed E-state index contributed by atoms with van der Waals surface area (Å²) < 4.78 is 41.2. The first-order valence-corrected chi connectivity index (χ1v) is 9.33. The van der Waals surface area contributed by atoms with Crippen LogP contribution in [0.15, 0.2) is 48.7 Å². The van der Waals surface area contributed by atoms with Crippen LogP contribution in [0.4, 0.5) is 18.9 Å². The molecule has 1 aliphatic rings. The van der Waals surface area contributed by atoms with Crippen LogP contribution < -0.4 is 5.32 Å². The zero-order valence-corrected chi connectivity index (χ0v) is 16.5. The molecule has 0 radical (unpaired) electrons. The quantitative estimate of drug-likeness (QED) is 0.548. The minimum atomic E-state index is -4.49. The van der Waals surface area contributed by atoms with Gasteiger partial charge < -0.3 is 15.0 Å². The van der Waals surface area contributed by atoms with E-state index in [-0.39, 0.29) is 11.1 Å². The van der Waals surface area contributed by atoms with Gasteiger partial charge in [-0.15, -0.1) is 0 Å². The fraction of sp³-hybridized carbons (Fsp3) is 0.130. The van der Waals surface area contributed by atoms with E-state index < -0.39 is 23.6 Å². The van der Waals surface area contributed by atoms with Crippen LogP contribution >= 0.6 is 0 Å². The summed E-state index contributed by atoms with van der Waals surface area (Å²) in [7, 11) is 0. The molecule has 2 aromatic carbocycles. The Labute approximate surface area is 175 Å². The highest BCUT2D eigenvalue weighted by atomic mass is 19.4. The molecule has 1 amide bonds. The molecule has 3 aromatic rings. The topological polar surface area (TPSA) is 71.3 Å². The number of carbonyl (C=O) groups excluding carboxylic acids is 1. The normalized spacial score (nSPS) is 14.6. The Morgan fingerprint density at radius 2 is 1.84 bits per heavy atom. The largest absolute Gasteiger partial charge is 0.478 e. The van der Waals surface area contributed by atoms with Crippen LogP contribution in [0, 0.1) is 13.8 Å². The summed E-state index contributed by atoms with van der Waals surface area (Å²) in [6.45, 7) is 3.28. The van der Waals surface area contributed by atoms with Gasteiger partial charge in [0.1, 0.15) is 0 Å². The van der Waals surface area contributed by atoms with Crippen molar-refractivity contribution in [3.8, 4) is 11.1 Å². The molecule has 0 fully saturated rings. The number of rotatable bonds is 3. The number of aromatic nitrogens is 1. The van der Waals surface area contributed by atoms with Crippen LogP contribution in [-0.2, 0) is 11.0 Å². The van der Waals surface area contributed by atoms with Crippen molar-refractivity contribution in [1.82, 2.24) is 4.57 Å². The second kappa shape index (κ2) is 7.16. The fourth-order valence-electron chi connectivity index (χ4n) is 3.86. The summed E-state index contributed by atoms with van der Waals surface area (Å²) in [6, 6.07) is 9.89. The van der Waals surface area contributed by atoms with Crippen LogP contribution in [-0.4, -0.2) is 21.6 Å². The minimum absolute atomic E-state index is 0.140. The van der Waals surface area contributed by atoms with E-state index >= 15 is 0 Å². The highest BCUT2D eigenvalue weighted by Gasteiger charge is 2.32. The van der Waals surface area contributed by atoms with Crippen LogP contribution in [0.2, 0.25) is 0 Å². The van der Waals surface area contributed by atoms with E-state index in [1.165, 1.54) is 12.3 Å². The van der Waals surface area contributed by atoms with Gasteiger partial charge in [-0.25, -0.2) is 4.79 Å². The average Bonchev–Trinajstić information content (AvgIpc) is 3.16. The minimum Gasteiger partial charge on any atom is -0.478 e. The van der Waals surface area contributed by atoms with Crippen LogP contribution in [0.1, 0.15) is 32.7 Å². The van der Waals surface area contributed by atoms with E-state index in [4.69, 9.17) is 0 Å². The summed E-state index contributed by atoms with van der Waals surface area (Å²) in [6.07, 6.45) is -1.38. The number of nitrogens with one attached hydrogen (secondary N) is 1. The van der Waals surface area contributed by atoms with Gasteiger partial charge in [0.2, 0.25) is 0 Å². The van der Waals surface area contributed by atoms with E-state index in [0.717, 1.165) is 12.1 Å². The third kappa shape index (κ3) is 3.50. The predicted octanol–water partition coefficient (Wildman–Crippen LogP) is 5.44. The van der Waals surface area contributed by atoms with E-state index in [1.807, 2.05) is 0 Å². The standard InChI is InChI=1S/C23H17F3N2O3/c1-12-10-28(13(2)19(12)22(30)31)11-17-20-16(7-4-8-18(20)27-21(17)29)14-5-3-6-15(9-14)23(24,25)26/h3-11H,1-2H3,(H,27,29)(H,30,31). The van der Waals surface area contributed by atoms with Crippen molar-refractivity contribution >= 4 is 29.3 Å². The van der Waals surface area contributed by atoms with Crippen molar-refractivity contribution in [2.75, 3.05) is 5.32 Å². The molecule has 31 heavy (non-hydrogen) atoms. The number of nitrogens with zero attached hydrogens (tertiary/aromatic N) is 1. The maximum atomic E-state index is 13.2. The first-order valence-electron chi connectivity index (χ1n) is 9.33. The zero-order valence-electron chi connectivity index (χ0n) is 16.5. The smallest absolute Gasteiger partial charge is 0.416 e. The second-order valence-corrected chi connectivity index (χ2v) is 7.29. The molecule has 2 heterocycles. The summed E-state index contributed by atoms with van der Waals surface area (Å²) in [5.41, 5.74) is 2.30. The highest BCUT2D eigenvalue weighted by Crippen LogP contribution is 2.41. The molecule has 4 rings (SSSR count). The number of hydrogen-bond donors (Lipinski definition) is 2. The molecule has 5 nitrogen and oxygen atoms in total. The number of benzene rings is 2. The van der Waals surface area contributed by atoms with Crippen molar-refractivity contribution in [3.05, 3.63) is 76.6 Å². The van der Waals surface area contributed by atoms with E-state index in [1.54, 1.807) is 48.9 Å². The Bertz CT molecular complexity index is 1270. The number of amides is 1. The summed E-state index contributed by atoms with van der Waals surface area (Å²) in [4.78, 5) is 24.2.